The molecular weight excluding hydrogens is 276 g/mol. The van der Waals surface area contributed by atoms with Crippen LogP contribution in [0.5, 0.6) is 17.4 Å². The van der Waals surface area contributed by atoms with Gasteiger partial charge < -0.3 is 14.8 Å². The standard InChI is InChI=1S/C13H14N4O4/c1-3-14-12-7-13(16-8-15-12)21-10-5-4-9(17(18)19)6-11(10)20-2/h4-8H,3H2,1-2H3,(H,14,15,16). The van der Waals surface area contributed by atoms with Crippen molar-refractivity contribution < 1.29 is 14.4 Å². The lowest BCUT2D eigenvalue weighted by Crippen LogP contribution is -2.00. The Morgan fingerprint density at radius 2 is 2.10 bits per heavy atom. The van der Waals surface area contributed by atoms with Crippen LogP contribution in [-0.2, 0) is 0 Å². The SMILES string of the molecule is CCNc1cc(Oc2ccc([N+](=O)[O-])cc2OC)ncn1. The lowest BCUT2D eigenvalue weighted by molar-refractivity contribution is -0.384. The normalized spacial score (nSPS) is 10.0. The summed E-state index contributed by atoms with van der Waals surface area (Å²) in [6.45, 7) is 2.67. The maximum absolute atomic E-state index is 10.7. The molecule has 0 unspecified atom stereocenters. The van der Waals surface area contributed by atoms with Gasteiger partial charge in [0.25, 0.3) is 5.69 Å². The molecule has 0 radical (unpaired) electrons. The number of nitro groups is 1. The minimum atomic E-state index is -0.500. The molecule has 1 N–H and O–H groups in total. The molecule has 8 nitrogen and oxygen atoms in total. The molecule has 21 heavy (non-hydrogen) atoms. The molecule has 0 bridgehead atoms. The van der Waals surface area contributed by atoms with E-state index in [1.165, 1.54) is 31.6 Å². The number of benzene rings is 1. The molecule has 0 saturated heterocycles. The molecule has 1 aromatic heterocycles. The van der Waals surface area contributed by atoms with Crippen molar-refractivity contribution in [2.75, 3.05) is 19.0 Å². The number of aromatic nitrogens is 2. The molecule has 0 aliphatic heterocycles. The number of hydrogen-bond acceptors (Lipinski definition) is 7. The van der Waals surface area contributed by atoms with Gasteiger partial charge in [-0.3, -0.25) is 10.1 Å². The van der Waals surface area contributed by atoms with Crippen molar-refractivity contribution in [3.8, 4) is 17.4 Å². The average Bonchev–Trinajstić information content (AvgIpc) is 2.48. The highest BCUT2D eigenvalue weighted by atomic mass is 16.6. The van der Waals surface area contributed by atoms with Crippen LogP contribution in [-0.4, -0.2) is 28.5 Å². The molecule has 0 fully saturated rings. The number of rotatable bonds is 6. The van der Waals surface area contributed by atoms with Gasteiger partial charge in [-0.05, 0) is 13.0 Å². The lowest BCUT2D eigenvalue weighted by Gasteiger charge is -2.10. The van der Waals surface area contributed by atoms with Crippen LogP contribution >= 0.6 is 0 Å². The fourth-order valence-corrected chi connectivity index (χ4v) is 1.64. The molecule has 2 aromatic rings. The summed E-state index contributed by atoms with van der Waals surface area (Å²) in [5.41, 5.74) is -0.0739. The number of methoxy groups -OCH3 is 1. The lowest BCUT2D eigenvalue weighted by atomic mass is 10.3. The summed E-state index contributed by atoms with van der Waals surface area (Å²) < 4.78 is 10.7. The first-order chi connectivity index (χ1) is 10.1. The number of nitrogens with one attached hydrogen (secondary N) is 1. The Balaban J connectivity index is 2.26. The Labute approximate surface area is 120 Å². The zero-order valence-corrected chi connectivity index (χ0v) is 11.6. The van der Waals surface area contributed by atoms with Crippen molar-refractivity contribution in [3.05, 3.63) is 40.7 Å². The van der Waals surface area contributed by atoms with Crippen LogP contribution in [0.2, 0.25) is 0 Å². The largest absolute Gasteiger partial charge is 0.493 e. The average molecular weight is 290 g/mol. The Hall–Kier alpha value is -2.90. The van der Waals surface area contributed by atoms with Gasteiger partial charge in [0.15, 0.2) is 11.5 Å². The van der Waals surface area contributed by atoms with Crippen LogP contribution in [0.15, 0.2) is 30.6 Å². The summed E-state index contributed by atoms with van der Waals surface area (Å²) in [4.78, 5) is 18.3. The summed E-state index contributed by atoms with van der Waals surface area (Å²) in [6, 6.07) is 5.72. The van der Waals surface area contributed by atoms with E-state index in [1.54, 1.807) is 6.07 Å². The molecule has 2 rings (SSSR count). The third-order valence-electron chi connectivity index (χ3n) is 2.57. The van der Waals surface area contributed by atoms with E-state index in [4.69, 9.17) is 9.47 Å². The van der Waals surface area contributed by atoms with Gasteiger partial charge in [0, 0.05) is 18.7 Å². The summed E-state index contributed by atoms with van der Waals surface area (Å²) in [5.74, 6) is 1.54. The van der Waals surface area contributed by atoms with Crippen LogP contribution in [0, 0.1) is 10.1 Å². The number of ether oxygens (including phenoxy) is 2. The van der Waals surface area contributed by atoms with Crippen LogP contribution in [0.25, 0.3) is 0 Å². The minimum absolute atomic E-state index is 0.0739. The molecule has 8 heteroatoms. The molecule has 0 aliphatic carbocycles. The fraction of sp³-hybridized carbons (Fsp3) is 0.231. The first kappa shape index (κ1) is 14.5. The van der Waals surface area contributed by atoms with Crippen molar-refractivity contribution in [2.45, 2.75) is 6.92 Å². The first-order valence-electron chi connectivity index (χ1n) is 6.20. The predicted octanol–water partition coefficient (Wildman–Crippen LogP) is 2.62. The molecule has 0 spiro atoms. The fourth-order valence-electron chi connectivity index (χ4n) is 1.64. The highest BCUT2D eigenvalue weighted by Gasteiger charge is 2.13. The van der Waals surface area contributed by atoms with Crippen molar-refractivity contribution in [1.82, 2.24) is 9.97 Å². The third-order valence-corrected chi connectivity index (χ3v) is 2.57. The molecule has 110 valence electrons. The van der Waals surface area contributed by atoms with E-state index in [0.717, 1.165) is 6.54 Å². The molecule has 0 saturated carbocycles. The summed E-state index contributed by atoms with van der Waals surface area (Å²) in [7, 11) is 1.41. The first-order valence-corrected chi connectivity index (χ1v) is 6.20. The highest BCUT2D eigenvalue weighted by molar-refractivity contribution is 5.50. The van der Waals surface area contributed by atoms with Crippen LogP contribution in [0.1, 0.15) is 6.92 Å². The van der Waals surface area contributed by atoms with Gasteiger partial charge in [0.2, 0.25) is 5.88 Å². The second kappa shape index (κ2) is 6.51. The monoisotopic (exact) mass is 290 g/mol. The number of anilines is 1. The van der Waals surface area contributed by atoms with Crippen molar-refractivity contribution >= 4 is 11.5 Å². The van der Waals surface area contributed by atoms with E-state index in [-0.39, 0.29) is 11.4 Å². The Kier molecular flexibility index (Phi) is 4.50. The van der Waals surface area contributed by atoms with E-state index in [9.17, 15) is 10.1 Å². The van der Waals surface area contributed by atoms with Gasteiger partial charge >= 0.3 is 0 Å². The molecule has 1 aromatic carbocycles. The number of nitro benzene ring substituents is 1. The topological polar surface area (TPSA) is 99.4 Å². The Morgan fingerprint density at radius 3 is 2.76 bits per heavy atom. The molecule has 0 atom stereocenters. The number of non-ortho nitro benzene ring substituents is 1. The van der Waals surface area contributed by atoms with Gasteiger partial charge in [-0.15, -0.1) is 0 Å². The van der Waals surface area contributed by atoms with Gasteiger partial charge in [0.1, 0.15) is 12.1 Å². The molecule has 0 amide bonds. The van der Waals surface area contributed by atoms with Crippen LogP contribution in [0.4, 0.5) is 11.5 Å². The second-order valence-electron chi connectivity index (χ2n) is 3.97. The zero-order valence-electron chi connectivity index (χ0n) is 11.6. The van der Waals surface area contributed by atoms with Crippen LogP contribution < -0.4 is 14.8 Å². The summed E-state index contributed by atoms with van der Waals surface area (Å²) in [5, 5.41) is 13.8. The van der Waals surface area contributed by atoms with Gasteiger partial charge in [-0.1, -0.05) is 0 Å². The maximum atomic E-state index is 10.7. The summed E-state index contributed by atoms with van der Waals surface area (Å²) >= 11 is 0. The Bertz CT molecular complexity index is 648. The highest BCUT2D eigenvalue weighted by Crippen LogP contribution is 2.34. The molecule has 1 heterocycles. The smallest absolute Gasteiger partial charge is 0.273 e. The van der Waals surface area contributed by atoms with Gasteiger partial charge in [0.05, 0.1) is 18.1 Å². The number of hydrogen-bond donors (Lipinski definition) is 1. The third kappa shape index (κ3) is 3.56. The van der Waals surface area contributed by atoms with Crippen molar-refractivity contribution in [3.63, 3.8) is 0 Å². The summed E-state index contributed by atoms with van der Waals surface area (Å²) in [6.07, 6.45) is 1.37. The van der Waals surface area contributed by atoms with Crippen LogP contribution in [0.3, 0.4) is 0 Å². The minimum Gasteiger partial charge on any atom is -0.493 e. The Morgan fingerprint density at radius 1 is 1.29 bits per heavy atom. The van der Waals surface area contributed by atoms with E-state index in [0.29, 0.717) is 17.4 Å². The van der Waals surface area contributed by atoms with E-state index < -0.39 is 4.92 Å². The van der Waals surface area contributed by atoms with E-state index >= 15 is 0 Å². The quantitative estimate of drug-likeness (QED) is 0.644. The van der Waals surface area contributed by atoms with Gasteiger partial charge in [-0.25, -0.2) is 9.97 Å². The van der Waals surface area contributed by atoms with Crippen molar-refractivity contribution in [1.29, 1.82) is 0 Å². The van der Waals surface area contributed by atoms with E-state index in [2.05, 4.69) is 15.3 Å². The number of nitrogens with zero attached hydrogens (tertiary/aromatic N) is 3. The zero-order chi connectivity index (χ0) is 15.2. The molecular formula is C13H14N4O4. The predicted molar refractivity (Wildman–Crippen MR) is 75.9 cm³/mol. The van der Waals surface area contributed by atoms with Gasteiger partial charge in [-0.2, -0.15) is 0 Å². The van der Waals surface area contributed by atoms with Crippen molar-refractivity contribution in [2.24, 2.45) is 0 Å². The maximum Gasteiger partial charge on any atom is 0.273 e. The van der Waals surface area contributed by atoms with E-state index in [1.807, 2.05) is 6.92 Å². The molecule has 0 aliphatic rings. The second-order valence-corrected chi connectivity index (χ2v) is 3.97.